The SMILES string of the molecule is CCOC(=O)C(CC)(CC(O)COC(C)C)C(=O)OCC. The van der Waals surface area contributed by atoms with E-state index in [9.17, 15) is 14.7 Å². The molecule has 0 aromatic rings. The van der Waals surface area contributed by atoms with Crippen LogP contribution in [0.5, 0.6) is 0 Å². The summed E-state index contributed by atoms with van der Waals surface area (Å²) in [4.78, 5) is 24.4. The normalized spacial score (nSPS) is 13.1. The average molecular weight is 304 g/mol. The van der Waals surface area contributed by atoms with E-state index in [0.717, 1.165) is 0 Å². The van der Waals surface area contributed by atoms with Gasteiger partial charge in [-0.05, 0) is 34.1 Å². The van der Waals surface area contributed by atoms with Crippen LogP contribution in [0.3, 0.4) is 0 Å². The van der Waals surface area contributed by atoms with Gasteiger partial charge < -0.3 is 19.3 Å². The highest BCUT2D eigenvalue weighted by molar-refractivity contribution is 6.00. The van der Waals surface area contributed by atoms with Crippen LogP contribution in [0.1, 0.15) is 47.5 Å². The van der Waals surface area contributed by atoms with E-state index in [1.807, 2.05) is 13.8 Å². The van der Waals surface area contributed by atoms with Gasteiger partial charge in [0, 0.05) is 6.42 Å². The van der Waals surface area contributed by atoms with E-state index in [2.05, 4.69) is 0 Å². The summed E-state index contributed by atoms with van der Waals surface area (Å²) in [7, 11) is 0. The quantitative estimate of drug-likeness (QED) is 0.488. The van der Waals surface area contributed by atoms with Crippen molar-refractivity contribution in [3.63, 3.8) is 0 Å². The summed E-state index contributed by atoms with van der Waals surface area (Å²) in [5.41, 5.74) is -1.48. The highest BCUT2D eigenvalue weighted by atomic mass is 16.6. The van der Waals surface area contributed by atoms with E-state index < -0.39 is 23.5 Å². The molecule has 0 saturated heterocycles. The van der Waals surface area contributed by atoms with Crippen LogP contribution in [-0.2, 0) is 23.8 Å². The van der Waals surface area contributed by atoms with Gasteiger partial charge in [0.25, 0.3) is 0 Å². The Morgan fingerprint density at radius 3 is 1.86 bits per heavy atom. The molecule has 0 amide bonds. The van der Waals surface area contributed by atoms with Crippen molar-refractivity contribution in [1.29, 1.82) is 0 Å². The Balaban J connectivity index is 5.09. The molecule has 0 saturated carbocycles. The zero-order chi connectivity index (χ0) is 16.5. The Hall–Kier alpha value is -1.14. The van der Waals surface area contributed by atoms with E-state index in [1.54, 1.807) is 20.8 Å². The number of carbonyl (C=O) groups is 2. The van der Waals surface area contributed by atoms with Crippen molar-refractivity contribution in [3.05, 3.63) is 0 Å². The molecule has 124 valence electrons. The maximum absolute atomic E-state index is 12.2. The van der Waals surface area contributed by atoms with Crippen LogP contribution >= 0.6 is 0 Å². The summed E-state index contributed by atoms with van der Waals surface area (Å²) in [5, 5.41) is 10.1. The van der Waals surface area contributed by atoms with Crippen LogP contribution in [0.4, 0.5) is 0 Å². The molecule has 6 nitrogen and oxygen atoms in total. The highest BCUT2D eigenvalue weighted by Crippen LogP contribution is 2.32. The van der Waals surface area contributed by atoms with Gasteiger partial charge >= 0.3 is 11.9 Å². The number of esters is 2. The number of aliphatic hydroxyl groups is 1. The van der Waals surface area contributed by atoms with Crippen molar-refractivity contribution in [2.75, 3.05) is 19.8 Å². The van der Waals surface area contributed by atoms with Gasteiger partial charge in [0.1, 0.15) is 0 Å². The zero-order valence-corrected chi connectivity index (χ0v) is 13.7. The predicted octanol–water partition coefficient (Wildman–Crippen LogP) is 1.68. The number of aliphatic hydroxyl groups excluding tert-OH is 1. The van der Waals surface area contributed by atoms with Crippen LogP contribution in [0, 0.1) is 5.41 Å². The summed E-state index contributed by atoms with van der Waals surface area (Å²) in [5.74, 6) is -1.32. The van der Waals surface area contributed by atoms with Crippen LogP contribution in [0.15, 0.2) is 0 Å². The maximum atomic E-state index is 12.2. The van der Waals surface area contributed by atoms with Gasteiger partial charge in [0.2, 0.25) is 0 Å². The lowest BCUT2D eigenvalue weighted by Gasteiger charge is -2.30. The molecule has 0 heterocycles. The summed E-state index contributed by atoms with van der Waals surface area (Å²) >= 11 is 0. The molecule has 0 bridgehead atoms. The number of hydrogen-bond acceptors (Lipinski definition) is 6. The molecule has 0 aliphatic carbocycles. The van der Waals surface area contributed by atoms with Crippen molar-refractivity contribution >= 4 is 11.9 Å². The minimum atomic E-state index is -1.48. The van der Waals surface area contributed by atoms with Gasteiger partial charge in [0.15, 0.2) is 5.41 Å². The van der Waals surface area contributed by atoms with E-state index in [4.69, 9.17) is 14.2 Å². The Kier molecular flexibility index (Phi) is 9.21. The molecule has 0 rings (SSSR count). The first-order valence-corrected chi connectivity index (χ1v) is 7.48. The highest BCUT2D eigenvalue weighted by Gasteiger charge is 2.48. The Labute approximate surface area is 126 Å². The van der Waals surface area contributed by atoms with Crippen LogP contribution < -0.4 is 0 Å². The van der Waals surface area contributed by atoms with E-state index in [-0.39, 0.29) is 38.8 Å². The smallest absolute Gasteiger partial charge is 0.323 e. The Morgan fingerprint density at radius 1 is 1.05 bits per heavy atom. The molecule has 6 heteroatoms. The molecule has 0 fully saturated rings. The van der Waals surface area contributed by atoms with E-state index >= 15 is 0 Å². The minimum absolute atomic E-state index is 0.0409. The monoisotopic (exact) mass is 304 g/mol. The molecule has 0 aromatic carbocycles. The van der Waals surface area contributed by atoms with Crippen LogP contribution in [0.25, 0.3) is 0 Å². The summed E-state index contributed by atoms with van der Waals surface area (Å²) in [6.07, 6.45) is -0.862. The molecule has 21 heavy (non-hydrogen) atoms. The fourth-order valence-electron chi connectivity index (χ4n) is 1.99. The molecule has 1 atom stereocenters. The van der Waals surface area contributed by atoms with Crippen LogP contribution in [-0.4, -0.2) is 49.1 Å². The van der Waals surface area contributed by atoms with Crippen molar-refractivity contribution in [2.24, 2.45) is 5.41 Å². The maximum Gasteiger partial charge on any atom is 0.323 e. The Bertz CT molecular complexity index is 308. The Morgan fingerprint density at radius 2 is 1.52 bits per heavy atom. The standard InChI is InChI=1S/C15H28O6/c1-6-15(13(17)19-7-2,14(18)20-8-3)9-12(16)10-21-11(4)5/h11-12,16H,6-10H2,1-5H3. The summed E-state index contributed by atoms with van der Waals surface area (Å²) in [6, 6.07) is 0. The zero-order valence-electron chi connectivity index (χ0n) is 13.7. The lowest BCUT2D eigenvalue weighted by atomic mass is 9.79. The number of ether oxygens (including phenoxy) is 3. The largest absolute Gasteiger partial charge is 0.465 e. The first-order valence-electron chi connectivity index (χ1n) is 7.48. The third kappa shape index (κ3) is 6.01. The molecule has 0 aliphatic rings. The fraction of sp³-hybridized carbons (Fsp3) is 0.867. The van der Waals surface area contributed by atoms with Gasteiger partial charge in [-0.15, -0.1) is 0 Å². The third-order valence-corrected chi connectivity index (χ3v) is 3.14. The minimum Gasteiger partial charge on any atom is -0.465 e. The van der Waals surface area contributed by atoms with Crippen LogP contribution in [0.2, 0.25) is 0 Å². The molecule has 1 N–H and O–H groups in total. The van der Waals surface area contributed by atoms with E-state index in [1.165, 1.54) is 0 Å². The summed E-state index contributed by atoms with van der Waals surface area (Å²) < 4.78 is 15.3. The first-order chi connectivity index (χ1) is 9.83. The van der Waals surface area contributed by atoms with Gasteiger partial charge in [0.05, 0.1) is 32.0 Å². The molecule has 0 spiro atoms. The first kappa shape index (κ1) is 19.9. The van der Waals surface area contributed by atoms with E-state index in [0.29, 0.717) is 0 Å². The molecule has 0 aliphatic heterocycles. The lowest BCUT2D eigenvalue weighted by Crippen LogP contribution is -2.45. The van der Waals surface area contributed by atoms with Crippen molar-refractivity contribution in [1.82, 2.24) is 0 Å². The molecule has 0 aromatic heterocycles. The predicted molar refractivity (Wildman–Crippen MR) is 77.7 cm³/mol. The number of rotatable bonds is 10. The van der Waals surface area contributed by atoms with Crippen molar-refractivity contribution < 1.29 is 28.9 Å². The second kappa shape index (κ2) is 9.73. The molecular weight excluding hydrogens is 276 g/mol. The summed E-state index contributed by atoms with van der Waals surface area (Å²) in [6.45, 7) is 9.11. The van der Waals surface area contributed by atoms with Gasteiger partial charge in [-0.2, -0.15) is 0 Å². The molecule has 0 radical (unpaired) electrons. The molecular formula is C15H28O6. The van der Waals surface area contributed by atoms with Gasteiger partial charge in [-0.25, -0.2) is 0 Å². The second-order valence-electron chi connectivity index (χ2n) is 5.12. The van der Waals surface area contributed by atoms with Crippen molar-refractivity contribution in [2.45, 2.75) is 59.7 Å². The average Bonchev–Trinajstić information content (AvgIpc) is 2.42. The number of carbonyl (C=O) groups excluding carboxylic acids is 2. The topological polar surface area (TPSA) is 82.1 Å². The third-order valence-electron chi connectivity index (χ3n) is 3.14. The molecule has 1 unspecified atom stereocenters. The number of hydrogen-bond donors (Lipinski definition) is 1. The second-order valence-corrected chi connectivity index (χ2v) is 5.12. The van der Waals surface area contributed by atoms with Gasteiger partial charge in [-0.3, -0.25) is 9.59 Å². The lowest BCUT2D eigenvalue weighted by molar-refractivity contribution is -0.175. The fourth-order valence-corrected chi connectivity index (χ4v) is 1.99. The van der Waals surface area contributed by atoms with Crippen molar-refractivity contribution in [3.8, 4) is 0 Å². The van der Waals surface area contributed by atoms with Gasteiger partial charge in [-0.1, -0.05) is 6.92 Å².